The third-order valence-electron chi connectivity index (χ3n) is 3.05. The quantitative estimate of drug-likeness (QED) is 0.916. The maximum Gasteiger partial charge on any atom is 0.247 e. The van der Waals surface area contributed by atoms with Crippen LogP contribution in [0.15, 0.2) is 52.3 Å². The second-order valence-electron chi connectivity index (χ2n) is 4.41. The second-order valence-corrected chi connectivity index (χ2v) is 6.76. The Labute approximate surface area is 128 Å². The lowest BCUT2D eigenvalue weighted by Crippen LogP contribution is -2.31. The predicted octanol–water partition coefficient (Wildman–Crippen LogP) is 2.24. The second kappa shape index (κ2) is 6.43. The van der Waals surface area contributed by atoms with Crippen molar-refractivity contribution in [2.45, 2.75) is 18.4 Å². The summed E-state index contributed by atoms with van der Waals surface area (Å²) >= 11 is 6.07. The highest BCUT2D eigenvalue weighted by atomic mass is 35.5. The van der Waals surface area contributed by atoms with E-state index in [1.807, 2.05) is 6.07 Å². The molecule has 0 bridgehead atoms. The van der Waals surface area contributed by atoms with E-state index < -0.39 is 10.0 Å². The zero-order valence-corrected chi connectivity index (χ0v) is 13.0. The molecule has 0 fully saturated rings. The average molecular weight is 327 g/mol. The van der Waals surface area contributed by atoms with Crippen molar-refractivity contribution < 1.29 is 8.42 Å². The van der Waals surface area contributed by atoms with Crippen molar-refractivity contribution in [3.8, 4) is 0 Å². The molecule has 2 aromatic rings. The van der Waals surface area contributed by atoms with Crippen LogP contribution in [0.2, 0.25) is 5.02 Å². The van der Waals surface area contributed by atoms with Crippen molar-refractivity contribution in [2.75, 3.05) is 6.54 Å². The van der Waals surface area contributed by atoms with Gasteiger partial charge in [0.2, 0.25) is 15.6 Å². The molecule has 0 radical (unpaired) electrons. The lowest BCUT2D eigenvalue weighted by atomic mass is 10.2. The number of benzene rings is 1. The first-order valence-electron chi connectivity index (χ1n) is 6.37. The topological polar surface area (TPSA) is 70.2 Å². The molecule has 7 heteroatoms. The molecule has 0 saturated heterocycles. The minimum Gasteiger partial charge on any atom is -0.328 e. The number of rotatable bonds is 5. The van der Waals surface area contributed by atoms with Crippen LogP contribution in [0.4, 0.5) is 0 Å². The highest BCUT2D eigenvalue weighted by molar-refractivity contribution is 7.89. The number of aromatic nitrogens is 1. The van der Waals surface area contributed by atoms with Crippen molar-refractivity contribution in [1.82, 2.24) is 9.29 Å². The third-order valence-corrected chi connectivity index (χ3v) is 5.34. The number of hydrogen-bond donors (Lipinski definition) is 1. The van der Waals surface area contributed by atoms with E-state index in [4.69, 9.17) is 11.6 Å². The van der Waals surface area contributed by atoms with Crippen LogP contribution in [0.1, 0.15) is 12.5 Å². The Morgan fingerprint density at radius 2 is 1.90 bits per heavy atom. The summed E-state index contributed by atoms with van der Waals surface area (Å²) in [5.41, 5.74) is 0.386. The number of pyridine rings is 1. The molecule has 1 N–H and O–H groups in total. The van der Waals surface area contributed by atoms with Gasteiger partial charge in [0.05, 0.1) is 4.90 Å². The number of hydrogen-bond acceptors (Lipinski definition) is 3. The van der Waals surface area contributed by atoms with E-state index in [0.717, 1.165) is 5.56 Å². The summed E-state index contributed by atoms with van der Waals surface area (Å²) < 4.78 is 26.4. The number of sulfonamides is 1. The standard InChI is InChI=1S/C14H15ClN2O3S/c1-2-17(10-11-5-3-4-6-13(11)15)21(19,20)12-7-8-14(18)16-9-12/h3-9H,2,10H2,1H3,(H,16,18). The molecule has 0 aliphatic heterocycles. The van der Waals surface area contributed by atoms with Crippen LogP contribution in [0.5, 0.6) is 0 Å². The number of H-pyrrole nitrogens is 1. The molecule has 2 rings (SSSR count). The van der Waals surface area contributed by atoms with Gasteiger partial charge in [-0.3, -0.25) is 4.79 Å². The number of nitrogens with zero attached hydrogens (tertiary/aromatic N) is 1. The maximum absolute atomic E-state index is 12.6. The molecule has 0 unspecified atom stereocenters. The molecule has 0 aliphatic rings. The molecular formula is C14H15ClN2O3S. The Balaban J connectivity index is 2.34. The minimum atomic E-state index is -3.68. The Bertz CT molecular complexity index is 766. The summed E-state index contributed by atoms with van der Waals surface area (Å²) in [6.07, 6.45) is 1.20. The molecule has 0 aliphatic carbocycles. The van der Waals surface area contributed by atoms with Gasteiger partial charge in [-0.2, -0.15) is 4.31 Å². The third kappa shape index (κ3) is 3.53. The fourth-order valence-electron chi connectivity index (χ4n) is 1.89. The fourth-order valence-corrected chi connectivity index (χ4v) is 3.48. The van der Waals surface area contributed by atoms with Crippen molar-refractivity contribution in [2.24, 2.45) is 0 Å². The van der Waals surface area contributed by atoms with Gasteiger partial charge >= 0.3 is 0 Å². The Hall–Kier alpha value is -1.63. The van der Waals surface area contributed by atoms with Crippen molar-refractivity contribution in [3.63, 3.8) is 0 Å². The molecule has 5 nitrogen and oxygen atoms in total. The Morgan fingerprint density at radius 3 is 2.48 bits per heavy atom. The smallest absolute Gasteiger partial charge is 0.247 e. The maximum atomic E-state index is 12.6. The first kappa shape index (κ1) is 15.8. The summed E-state index contributed by atoms with van der Waals surface area (Å²) in [6.45, 7) is 2.23. The van der Waals surface area contributed by atoms with E-state index in [0.29, 0.717) is 11.6 Å². The van der Waals surface area contributed by atoms with Crippen molar-refractivity contribution in [1.29, 1.82) is 0 Å². The van der Waals surface area contributed by atoms with Gasteiger partial charge in [-0.15, -0.1) is 0 Å². The number of nitrogens with one attached hydrogen (secondary N) is 1. The van der Waals surface area contributed by atoms with Gasteiger partial charge in [0, 0.05) is 30.4 Å². The van der Waals surface area contributed by atoms with Crippen molar-refractivity contribution in [3.05, 3.63) is 63.5 Å². The number of halogens is 1. The van der Waals surface area contributed by atoms with Crippen LogP contribution in [0.3, 0.4) is 0 Å². The molecule has 112 valence electrons. The van der Waals surface area contributed by atoms with E-state index in [9.17, 15) is 13.2 Å². The van der Waals surface area contributed by atoms with Gasteiger partial charge in [0.25, 0.3) is 0 Å². The summed E-state index contributed by atoms with van der Waals surface area (Å²) in [5.74, 6) is 0. The van der Waals surface area contributed by atoms with E-state index in [-0.39, 0.29) is 17.0 Å². The number of aromatic amines is 1. The SMILES string of the molecule is CCN(Cc1ccccc1Cl)S(=O)(=O)c1ccc(=O)[nH]c1. The molecule has 0 saturated carbocycles. The van der Waals surface area contributed by atoms with E-state index in [1.54, 1.807) is 25.1 Å². The van der Waals surface area contributed by atoms with Crippen LogP contribution >= 0.6 is 11.6 Å². The van der Waals surface area contributed by atoms with Gasteiger partial charge in [-0.05, 0) is 17.7 Å². The summed E-state index contributed by atoms with van der Waals surface area (Å²) in [5, 5.41) is 0.521. The summed E-state index contributed by atoms with van der Waals surface area (Å²) in [6, 6.07) is 9.59. The van der Waals surface area contributed by atoms with Crippen LogP contribution in [0.25, 0.3) is 0 Å². The molecule has 0 amide bonds. The van der Waals surface area contributed by atoms with Crippen molar-refractivity contribution >= 4 is 21.6 Å². The average Bonchev–Trinajstić information content (AvgIpc) is 2.46. The van der Waals surface area contributed by atoms with Gasteiger partial charge in [-0.25, -0.2) is 8.42 Å². The molecular weight excluding hydrogens is 312 g/mol. The van der Waals surface area contributed by atoms with E-state index in [2.05, 4.69) is 4.98 Å². The molecule has 0 atom stereocenters. The van der Waals surface area contributed by atoms with Crippen LogP contribution < -0.4 is 5.56 Å². The van der Waals surface area contributed by atoms with Crippen LogP contribution in [-0.4, -0.2) is 24.3 Å². The van der Waals surface area contributed by atoms with E-state index in [1.165, 1.54) is 22.6 Å². The molecule has 1 heterocycles. The normalized spacial score (nSPS) is 11.8. The highest BCUT2D eigenvalue weighted by Gasteiger charge is 2.23. The minimum absolute atomic E-state index is 0.0519. The van der Waals surface area contributed by atoms with Crippen LogP contribution in [0, 0.1) is 0 Å². The first-order valence-corrected chi connectivity index (χ1v) is 8.19. The lowest BCUT2D eigenvalue weighted by molar-refractivity contribution is 0.423. The van der Waals surface area contributed by atoms with Gasteiger partial charge in [-0.1, -0.05) is 36.7 Å². The van der Waals surface area contributed by atoms with Gasteiger partial charge < -0.3 is 4.98 Å². The zero-order valence-electron chi connectivity index (χ0n) is 11.4. The predicted molar refractivity (Wildman–Crippen MR) is 81.8 cm³/mol. The monoisotopic (exact) mass is 326 g/mol. The fraction of sp³-hybridized carbons (Fsp3) is 0.214. The molecule has 1 aromatic carbocycles. The van der Waals surface area contributed by atoms with E-state index >= 15 is 0 Å². The highest BCUT2D eigenvalue weighted by Crippen LogP contribution is 2.21. The zero-order chi connectivity index (χ0) is 15.5. The molecule has 21 heavy (non-hydrogen) atoms. The van der Waals surface area contributed by atoms with Crippen LogP contribution in [-0.2, 0) is 16.6 Å². The van der Waals surface area contributed by atoms with Gasteiger partial charge in [0.1, 0.15) is 0 Å². The Kier molecular flexibility index (Phi) is 4.82. The summed E-state index contributed by atoms with van der Waals surface area (Å²) in [7, 11) is -3.68. The lowest BCUT2D eigenvalue weighted by Gasteiger charge is -2.21. The largest absolute Gasteiger partial charge is 0.328 e. The first-order chi connectivity index (χ1) is 9.95. The Morgan fingerprint density at radius 1 is 1.19 bits per heavy atom. The van der Waals surface area contributed by atoms with Gasteiger partial charge in [0.15, 0.2) is 0 Å². The molecule has 0 spiro atoms. The molecule has 1 aromatic heterocycles. The summed E-state index contributed by atoms with van der Waals surface area (Å²) in [4.78, 5) is 13.5.